The Morgan fingerprint density at radius 2 is 1.92 bits per heavy atom. The van der Waals surface area contributed by atoms with Crippen molar-refractivity contribution in [2.24, 2.45) is 0 Å². The molecule has 0 N–H and O–H groups in total. The Hall–Kier alpha value is -0.181. The molecule has 1 rings (SSSR count). The van der Waals surface area contributed by atoms with Crippen molar-refractivity contribution in [3.8, 4) is 5.75 Å². The van der Waals surface area contributed by atoms with Crippen molar-refractivity contribution >= 4 is 18.4 Å². The van der Waals surface area contributed by atoms with Gasteiger partial charge in [-0.1, -0.05) is 0 Å². The Balaban J connectivity index is 2.78. The van der Waals surface area contributed by atoms with Crippen LogP contribution < -0.4 is 4.74 Å². The van der Waals surface area contributed by atoms with Crippen molar-refractivity contribution in [3.63, 3.8) is 0 Å². The van der Waals surface area contributed by atoms with Gasteiger partial charge in [0.1, 0.15) is 0 Å². The quantitative estimate of drug-likeness (QED) is 0.775. The summed E-state index contributed by atoms with van der Waals surface area (Å²) in [7, 11) is 1.72. The topological polar surface area (TPSA) is 9.23 Å². The van der Waals surface area contributed by atoms with Gasteiger partial charge in [0.2, 0.25) is 0 Å². The molecule has 1 aromatic carbocycles. The van der Waals surface area contributed by atoms with Crippen LogP contribution in [0.2, 0.25) is 14.8 Å². The first kappa shape index (κ1) is 10.9. The fourth-order valence-corrected chi connectivity index (χ4v) is 5.52. The van der Waals surface area contributed by atoms with Crippen LogP contribution in [-0.2, 0) is 4.44 Å². The number of benzene rings is 1. The van der Waals surface area contributed by atoms with Crippen LogP contribution >= 0.6 is 0 Å². The Morgan fingerprint density at radius 3 is 2.46 bits per heavy atom. The van der Waals surface area contributed by atoms with Gasteiger partial charge in [0.05, 0.1) is 0 Å². The maximum absolute atomic E-state index is 5.19. The van der Waals surface area contributed by atoms with Crippen molar-refractivity contribution < 1.29 is 4.74 Å². The summed E-state index contributed by atoms with van der Waals surface area (Å²) >= 11 is -1.67. The fraction of sp³-hybridized carbons (Fsp3) is 0.455. The summed E-state index contributed by atoms with van der Waals surface area (Å²) in [6, 6.07) is 8.43. The number of hydrogen-bond acceptors (Lipinski definition) is 1. The van der Waals surface area contributed by atoms with E-state index in [9.17, 15) is 0 Å². The fourth-order valence-electron chi connectivity index (χ4n) is 1.39. The Bertz CT molecular complexity index is 276. The molecule has 0 aliphatic carbocycles. The predicted octanol–water partition coefficient (Wildman–Crippen LogP) is 3.12. The molecule has 72 valence electrons. The first-order valence-corrected chi connectivity index (χ1v) is 15.2. The predicted molar refractivity (Wildman–Crippen MR) is 60.0 cm³/mol. The molecule has 0 aromatic heterocycles. The molecule has 0 saturated carbocycles. The van der Waals surface area contributed by atoms with Crippen LogP contribution in [0.3, 0.4) is 0 Å². The molecule has 0 spiro atoms. The second-order valence-electron chi connectivity index (χ2n) is 4.59. The molecule has 0 aliphatic rings. The van der Waals surface area contributed by atoms with E-state index < -0.39 is 18.4 Å². The van der Waals surface area contributed by atoms with Crippen LogP contribution in [0.4, 0.5) is 0 Å². The summed E-state index contributed by atoms with van der Waals surface area (Å²) in [4.78, 5) is 7.36. The van der Waals surface area contributed by atoms with Crippen LogP contribution in [0.25, 0.3) is 0 Å². The van der Waals surface area contributed by atoms with Gasteiger partial charge in [-0.25, -0.2) is 0 Å². The molecule has 13 heavy (non-hydrogen) atoms. The molecule has 0 bridgehead atoms. The van der Waals surface area contributed by atoms with E-state index in [-0.39, 0.29) is 0 Å². The first-order valence-electron chi connectivity index (χ1n) is 4.64. The standard InChI is InChI=1S/C8H9O.3CH3.Sn/c1-7-4-3-5-8(6-7)9-2;;;;/h3-6H,1H2,2H3;3*1H3;. The third-order valence-corrected chi connectivity index (χ3v) is 6.06. The van der Waals surface area contributed by atoms with Gasteiger partial charge in [-0.2, -0.15) is 0 Å². The molecule has 0 aliphatic heterocycles. The molecular weight excluding hydrogens is 267 g/mol. The van der Waals surface area contributed by atoms with Gasteiger partial charge in [-0.05, 0) is 0 Å². The van der Waals surface area contributed by atoms with Crippen LogP contribution in [-0.4, -0.2) is 25.5 Å². The van der Waals surface area contributed by atoms with E-state index in [2.05, 4.69) is 33.0 Å². The average molecular weight is 285 g/mol. The van der Waals surface area contributed by atoms with Crippen molar-refractivity contribution in [1.82, 2.24) is 0 Å². The zero-order valence-corrected chi connectivity index (χ0v) is 11.8. The normalized spacial score (nSPS) is 11.4. The minimum atomic E-state index is -1.67. The van der Waals surface area contributed by atoms with E-state index in [4.69, 9.17) is 4.74 Å². The van der Waals surface area contributed by atoms with E-state index in [1.807, 2.05) is 6.07 Å². The van der Waals surface area contributed by atoms with Gasteiger partial charge < -0.3 is 0 Å². The van der Waals surface area contributed by atoms with Crippen LogP contribution in [0.15, 0.2) is 24.3 Å². The van der Waals surface area contributed by atoms with Crippen LogP contribution in [0.1, 0.15) is 5.56 Å². The number of methoxy groups -OCH3 is 1. The van der Waals surface area contributed by atoms with Crippen molar-refractivity contribution in [2.75, 3.05) is 7.11 Å². The molecule has 0 saturated heterocycles. The Labute approximate surface area is 85.0 Å². The summed E-state index contributed by atoms with van der Waals surface area (Å²) in [5, 5.41) is 0. The molecule has 0 amide bonds. The monoisotopic (exact) mass is 286 g/mol. The molecule has 1 aromatic rings. The summed E-state index contributed by atoms with van der Waals surface area (Å²) in [6.07, 6.45) is 0. The van der Waals surface area contributed by atoms with Gasteiger partial charge in [0.15, 0.2) is 0 Å². The molecule has 2 heteroatoms. The van der Waals surface area contributed by atoms with Gasteiger partial charge in [0.25, 0.3) is 0 Å². The van der Waals surface area contributed by atoms with Crippen LogP contribution in [0, 0.1) is 0 Å². The summed E-state index contributed by atoms with van der Waals surface area (Å²) < 4.78 is 6.49. The Morgan fingerprint density at radius 1 is 1.23 bits per heavy atom. The van der Waals surface area contributed by atoms with Gasteiger partial charge >= 0.3 is 85.1 Å². The molecule has 0 unspecified atom stereocenters. The van der Waals surface area contributed by atoms with Crippen molar-refractivity contribution in [3.05, 3.63) is 29.8 Å². The van der Waals surface area contributed by atoms with E-state index in [1.165, 1.54) is 10.0 Å². The molecular formula is C11H18OSn. The van der Waals surface area contributed by atoms with E-state index >= 15 is 0 Å². The second kappa shape index (κ2) is 4.36. The van der Waals surface area contributed by atoms with E-state index in [0.29, 0.717) is 0 Å². The van der Waals surface area contributed by atoms with Gasteiger partial charge in [-0.3, -0.25) is 0 Å². The van der Waals surface area contributed by atoms with Crippen molar-refractivity contribution in [2.45, 2.75) is 19.3 Å². The maximum atomic E-state index is 5.19. The zero-order chi connectivity index (χ0) is 9.90. The summed E-state index contributed by atoms with van der Waals surface area (Å²) in [5.74, 6) is 0.980. The SMILES string of the molecule is COc1cccc([CH2][Sn]([CH3])([CH3])[CH3])c1. The van der Waals surface area contributed by atoms with E-state index in [0.717, 1.165) is 5.75 Å². The summed E-state index contributed by atoms with van der Waals surface area (Å²) in [5.41, 5.74) is 1.43. The van der Waals surface area contributed by atoms with Crippen LogP contribution in [0.5, 0.6) is 5.75 Å². The molecule has 0 heterocycles. The first-order chi connectivity index (χ1) is 6.01. The second-order valence-corrected chi connectivity index (χ2v) is 20.2. The number of hydrogen-bond donors (Lipinski definition) is 0. The third-order valence-electron chi connectivity index (χ3n) is 1.87. The molecule has 1 nitrogen and oxygen atoms in total. The number of rotatable bonds is 3. The average Bonchev–Trinajstić information content (AvgIpc) is 2.01. The summed E-state index contributed by atoms with van der Waals surface area (Å²) in [6.45, 7) is 0. The van der Waals surface area contributed by atoms with E-state index in [1.54, 1.807) is 7.11 Å². The van der Waals surface area contributed by atoms with Crippen molar-refractivity contribution in [1.29, 1.82) is 0 Å². The molecule has 0 atom stereocenters. The minimum absolute atomic E-state index is 0.980. The molecule has 0 fully saturated rings. The van der Waals surface area contributed by atoms with Gasteiger partial charge in [-0.15, -0.1) is 0 Å². The Kier molecular flexibility index (Phi) is 3.65. The van der Waals surface area contributed by atoms with Gasteiger partial charge in [0, 0.05) is 0 Å². The third kappa shape index (κ3) is 4.03. The number of ether oxygens (including phenoxy) is 1. The molecule has 0 radical (unpaired) electrons. The zero-order valence-electron chi connectivity index (χ0n) is 8.92.